The van der Waals surface area contributed by atoms with E-state index in [-0.39, 0.29) is 6.61 Å². The summed E-state index contributed by atoms with van der Waals surface area (Å²) in [7, 11) is -3.68. The van der Waals surface area contributed by atoms with Crippen molar-refractivity contribution in [3.8, 4) is 0 Å². The molecule has 1 atom stereocenters. The Kier molecular flexibility index (Phi) is 4.02. The standard InChI is InChI=1S/C6H11NO3S/c1-3-5-10-11(8,9)6(7)4-2/h3-4,6H,1-2,5,7H2. The summed E-state index contributed by atoms with van der Waals surface area (Å²) in [5.74, 6) is 0. The third kappa shape index (κ3) is 3.31. The Labute approximate surface area is 66.5 Å². The molecule has 0 saturated heterocycles. The van der Waals surface area contributed by atoms with Gasteiger partial charge in [-0.2, -0.15) is 8.42 Å². The summed E-state index contributed by atoms with van der Waals surface area (Å²) in [6.07, 6.45) is 2.42. The first kappa shape index (κ1) is 10.3. The van der Waals surface area contributed by atoms with Crippen LogP contribution >= 0.6 is 0 Å². The van der Waals surface area contributed by atoms with Crippen LogP contribution in [-0.2, 0) is 14.3 Å². The van der Waals surface area contributed by atoms with E-state index in [4.69, 9.17) is 5.73 Å². The number of nitrogens with two attached hydrogens (primary N) is 1. The summed E-state index contributed by atoms with van der Waals surface area (Å²) in [5.41, 5.74) is 5.13. The zero-order chi connectivity index (χ0) is 8.91. The van der Waals surface area contributed by atoms with Gasteiger partial charge in [0.25, 0.3) is 10.1 Å². The smallest absolute Gasteiger partial charge is 0.287 e. The molecule has 11 heavy (non-hydrogen) atoms. The first-order valence-corrected chi connectivity index (χ1v) is 4.39. The largest absolute Gasteiger partial charge is 0.310 e. The van der Waals surface area contributed by atoms with E-state index in [1.54, 1.807) is 0 Å². The summed E-state index contributed by atoms with van der Waals surface area (Å²) in [6, 6.07) is 0. The van der Waals surface area contributed by atoms with Crippen molar-refractivity contribution in [3.05, 3.63) is 25.3 Å². The van der Waals surface area contributed by atoms with Gasteiger partial charge in [0.2, 0.25) is 0 Å². The molecule has 1 unspecified atom stereocenters. The lowest BCUT2D eigenvalue weighted by Crippen LogP contribution is -2.29. The Morgan fingerprint density at radius 2 is 2.09 bits per heavy atom. The van der Waals surface area contributed by atoms with E-state index in [9.17, 15) is 8.42 Å². The molecule has 2 N–H and O–H groups in total. The molecular weight excluding hydrogens is 166 g/mol. The van der Waals surface area contributed by atoms with Crippen LogP contribution in [0, 0.1) is 0 Å². The predicted molar refractivity (Wildman–Crippen MR) is 43.2 cm³/mol. The van der Waals surface area contributed by atoms with Crippen LogP contribution in [0.25, 0.3) is 0 Å². The Morgan fingerprint density at radius 3 is 2.45 bits per heavy atom. The molecular formula is C6H11NO3S. The lowest BCUT2D eigenvalue weighted by Gasteiger charge is -2.06. The third-order valence-electron chi connectivity index (χ3n) is 0.916. The molecule has 0 radical (unpaired) electrons. The van der Waals surface area contributed by atoms with Crippen molar-refractivity contribution in [2.24, 2.45) is 5.73 Å². The Hall–Kier alpha value is -0.650. The van der Waals surface area contributed by atoms with Gasteiger partial charge in [0.05, 0.1) is 6.61 Å². The Balaban J connectivity index is 4.22. The van der Waals surface area contributed by atoms with Crippen molar-refractivity contribution in [2.45, 2.75) is 5.37 Å². The van der Waals surface area contributed by atoms with E-state index in [0.717, 1.165) is 6.08 Å². The molecule has 0 bridgehead atoms. The molecule has 0 aliphatic carbocycles. The first-order valence-electron chi connectivity index (χ1n) is 2.92. The van der Waals surface area contributed by atoms with Crippen molar-refractivity contribution in [1.82, 2.24) is 0 Å². The van der Waals surface area contributed by atoms with Crippen LogP contribution in [0.15, 0.2) is 25.3 Å². The summed E-state index contributed by atoms with van der Waals surface area (Å²) >= 11 is 0. The van der Waals surface area contributed by atoms with Gasteiger partial charge in [0.1, 0.15) is 0 Å². The van der Waals surface area contributed by atoms with Crippen LogP contribution < -0.4 is 5.73 Å². The maximum absolute atomic E-state index is 10.9. The minimum Gasteiger partial charge on any atom is -0.310 e. The van der Waals surface area contributed by atoms with Crippen molar-refractivity contribution < 1.29 is 12.6 Å². The fourth-order valence-electron chi connectivity index (χ4n) is 0.339. The quantitative estimate of drug-likeness (QED) is 0.473. The van der Waals surface area contributed by atoms with Crippen LogP contribution in [0.2, 0.25) is 0 Å². The van der Waals surface area contributed by atoms with Crippen LogP contribution in [0.1, 0.15) is 0 Å². The molecule has 0 spiro atoms. The highest BCUT2D eigenvalue weighted by Crippen LogP contribution is 1.98. The second-order valence-electron chi connectivity index (χ2n) is 1.77. The fourth-order valence-corrected chi connectivity index (χ4v) is 1.02. The van der Waals surface area contributed by atoms with Gasteiger partial charge in [-0.15, -0.1) is 13.2 Å². The molecule has 0 fully saturated rings. The van der Waals surface area contributed by atoms with E-state index >= 15 is 0 Å². The van der Waals surface area contributed by atoms with Gasteiger partial charge in [0, 0.05) is 0 Å². The number of rotatable bonds is 5. The first-order chi connectivity index (χ1) is 5.04. The van der Waals surface area contributed by atoms with E-state index in [0.29, 0.717) is 0 Å². The molecule has 0 aromatic rings. The summed E-state index contributed by atoms with van der Waals surface area (Å²) in [5, 5.41) is -1.16. The molecule has 5 heteroatoms. The van der Waals surface area contributed by atoms with Crippen molar-refractivity contribution >= 4 is 10.1 Å². The summed E-state index contributed by atoms with van der Waals surface area (Å²) < 4.78 is 26.1. The Morgan fingerprint density at radius 1 is 1.55 bits per heavy atom. The molecule has 0 heterocycles. The van der Waals surface area contributed by atoms with Crippen LogP contribution in [0.4, 0.5) is 0 Å². The minimum absolute atomic E-state index is 0.0656. The molecule has 0 aromatic heterocycles. The topological polar surface area (TPSA) is 69.4 Å². The van der Waals surface area contributed by atoms with Crippen LogP contribution in [0.3, 0.4) is 0 Å². The van der Waals surface area contributed by atoms with Crippen molar-refractivity contribution in [2.75, 3.05) is 6.61 Å². The SMILES string of the molecule is C=CCOS(=O)(=O)C(N)C=C. The molecule has 0 rings (SSSR count). The fraction of sp³-hybridized carbons (Fsp3) is 0.333. The van der Waals surface area contributed by atoms with Crippen molar-refractivity contribution in [1.29, 1.82) is 0 Å². The maximum atomic E-state index is 10.9. The molecule has 0 amide bonds. The lowest BCUT2D eigenvalue weighted by molar-refractivity contribution is 0.353. The summed E-state index contributed by atoms with van der Waals surface area (Å²) in [4.78, 5) is 0. The molecule has 0 aromatic carbocycles. The molecule has 0 aliphatic heterocycles. The van der Waals surface area contributed by atoms with Gasteiger partial charge < -0.3 is 5.73 Å². The number of hydrogen-bond donors (Lipinski definition) is 1. The van der Waals surface area contributed by atoms with E-state index in [2.05, 4.69) is 17.3 Å². The molecule has 64 valence electrons. The van der Waals surface area contributed by atoms with Crippen LogP contribution in [0.5, 0.6) is 0 Å². The zero-order valence-electron chi connectivity index (χ0n) is 6.06. The number of hydrogen-bond acceptors (Lipinski definition) is 4. The molecule has 4 nitrogen and oxygen atoms in total. The normalized spacial score (nSPS) is 13.9. The molecule has 0 saturated carbocycles. The van der Waals surface area contributed by atoms with Gasteiger partial charge in [-0.1, -0.05) is 12.2 Å². The van der Waals surface area contributed by atoms with Gasteiger partial charge in [-0.05, 0) is 0 Å². The highest BCUT2D eigenvalue weighted by atomic mass is 32.2. The predicted octanol–water partition coefficient (Wildman–Crippen LogP) is -0.0104. The lowest BCUT2D eigenvalue weighted by atomic mass is 10.7. The third-order valence-corrected chi connectivity index (χ3v) is 2.24. The summed E-state index contributed by atoms with van der Waals surface area (Å²) in [6.45, 7) is 6.45. The second kappa shape index (κ2) is 4.27. The highest BCUT2D eigenvalue weighted by molar-refractivity contribution is 7.87. The van der Waals surface area contributed by atoms with Gasteiger partial charge in [0.15, 0.2) is 5.37 Å². The Bertz CT molecular complexity index is 232. The van der Waals surface area contributed by atoms with E-state index in [1.807, 2.05) is 0 Å². The van der Waals surface area contributed by atoms with E-state index in [1.165, 1.54) is 6.08 Å². The van der Waals surface area contributed by atoms with Gasteiger partial charge in [-0.3, -0.25) is 4.18 Å². The monoisotopic (exact) mass is 177 g/mol. The minimum atomic E-state index is -3.68. The zero-order valence-corrected chi connectivity index (χ0v) is 6.88. The maximum Gasteiger partial charge on any atom is 0.287 e. The highest BCUT2D eigenvalue weighted by Gasteiger charge is 2.17. The second-order valence-corrected chi connectivity index (χ2v) is 3.53. The van der Waals surface area contributed by atoms with Crippen molar-refractivity contribution in [3.63, 3.8) is 0 Å². The average molecular weight is 177 g/mol. The van der Waals surface area contributed by atoms with E-state index < -0.39 is 15.5 Å². The van der Waals surface area contributed by atoms with Crippen LogP contribution in [-0.4, -0.2) is 20.4 Å². The average Bonchev–Trinajstić information content (AvgIpc) is 1.99. The molecule has 0 aliphatic rings. The van der Waals surface area contributed by atoms with Gasteiger partial charge in [-0.25, -0.2) is 0 Å². The van der Waals surface area contributed by atoms with Gasteiger partial charge >= 0.3 is 0 Å².